The van der Waals surface area contributed by atoms with Gasteiger partial charge in [-0.15, -0.1) is 11.3 Å². The lowest BCUT2D eigenvalue weighted by Crippen LogP contribution is -2.39. The Morgan fingerprint density at radius 2 is 2.15 bits per heavy atom. The number of nitrogens with zero attached hydrogens (tertiary/aromatic N) is 2. The van der Waals surface area contributed by atoms with Gasteiger partial charge in [0.15, 0.2) is 0 Å². The van der Waals surface area contributed by atoms with Gasteiger partial charge in [-0.05, 0) is 30.9 Å². The first kappa shape index (κ1) is 16.8. The number of aromatic amines is 1. The molecule has 7 heteroatoms. The zero-order valence-corrected chi connectivity index (χ0v) is 15.1. The first-order chi connectivity index (χ1) is 12.6. The third-order valence-corrected chi connectivity index (χ3v) is 6.00. The highest BCUT2D eigenvalue weighted by molar-refractivity contribution is 7.13. The predicted molar refractivity (Wildman–Crippen MR) is 101 cm³/mol. The monoisotopic (exact) mass is 368 g/mol. The first-order valence-corrected chi connectivity index (χ1v) is 9.55. The van der Waals surface area contributed by atoms with Gasteiger partial charge < -0.3 is 15.6 Å². The highest BCUT2D eigenvalue weighted by Gasteiger charge is 2.30. The Hall–Kier alpha value is -2.67. The molecule has 26 heavy (non-hydrogen) atoms. The van der Waals surface area contributed by atoms with E-state index in [-0.39, 0.29) is 11.9 Å². The molecule has 1 aromatic carbocycles. The summed E-state index contributed by atoms with van der Waals surface area (Å²) in [6.07, 6.45) is 6.69. The van der Waals surface area contributed by atoms with Gasteiger partial charge in [0, 0.05) is 23.6 Å². The molecule has 6 nitrogen and oxygen atoms in total. The molecular formula is C19H20N4O2S. The molecule has 1 aliphatic heterocycles. The van der Waals surface area contributed by atoms with E-state index in [4.69, 9.17) is 5.73 Å². The van der Waals surface area contributed by atoms with Crippen LogP contribution in [-0.2, 0) is 11.2 Å². The number of hydrogen-bond acceptors (Lipinski definition) is 4. The van der Waals surface area contributed by atoms with Crippen molar-refractivity contribution in [2.24, 2.45) is 5.73 Å². The number of aromatic nitrogens is 2. The Kier molecular flexibility index (Phi) is 4.46. The zero-order valence-electron chi connectivity index (χ0n) is 14.3. The molecule has 1 atom stereocenters. The second-order valence-corrected chi connectivity index (χ2v) is 7.62. The van der Waals surface area contributed by atoms with Crippen molar-refractivity contribution in [1.29, 1.82) is 0 Å². The molecule has 134 valence electrons. The summed E-state index contributed by atoms with van der Waals surface area (Å²) in [4.78, 5) is 34.3. The maximum absolute atomic E-state index is 13.0. The van der Waals surface area contributed by atoms with Gasteiger partial charge in [0.25, 0.3) is 5.91 Å². The quantitative estimate of drug-likeness (QED) is 0.741. The summed E-state index contributed by atoms with van der Waals surface area (Å²) in [5.74, 6) is -0.378. The molecule has 2 amide bonds. The van der Waals surface area contributed by atoms with Crippen molar-refractivity contribution in [3.63, 3.8) is 0 Å². The van der Waals surface area contributed by atoms with E-state index >= 15 is 0 Å². The summed E-state index contributed by atoms with van der Waals surface area (Å²) < 4.78 is 0. The second-order valence-electron chi connectivity index (χ2n) is 6.56. The topological polar surface area (TPSA) is 92.1 Å². The third-order valence-electron chi connectivity index (χ3n) is 4.89. The highest BCUT2D eigenvalue weighted by atomic mass is 32.1. The van der Waals surface area contributed by atoms with Crippen molar-refractivity contribution in [1.82, 2.24) is 14.9 Å². The highest BCUT2D eigenvalue weighted by Crippen LogP contribution is 2.34. The van der Waals surface area contributed by atoms with Crippen molar-refractivity contribution >= 4 is 34.1 Å². The number of amides is 2. The summed E-state index contributed by atoms with van der Waals surface area (Å²) in [5.41, 5.74) is 7.39. The molecule has 0 unspecified atom stereocenters. The molecule has 1 saturated heterocycles. The van der Waals surface area contributed by atoms with Crippen LogP contribution in [0.1, 0.15) is 45.5 Å². The Balaban J connectivity index is 1.57. The van der Waals surface area contributed by atoms with Crippen molar-refractivity contribution < 1.29 is 9.59 Å². The fourth-order valence-corrected chi connectivity index (χ4v) is 4.50. The van der Waals surface area contributed by atoms with Crippen LogP contribution in [0, 0.1) is 0 Å². The van der Waals surface area contributed by atoms with Crippen molar-refractivity contribution in [3.8, 4) is 0 Å². The molecule has 0 spiro atoms. The molecular weight excluding hydrogens is 348 g/mol. The van der Waals surface area contributed by atoms with Crippen LogP contribution in [0.4, 0.5) is 0 Å². The van der Waals surface area contributed by atoms with Gasteiger partial charge in [-0.3, -0.25) is 9.59 Å². The predicted octanol–water partition coefficient (Wildman–Crippen LogP) is 3.02. The van der Waals surface area contributed by atoms with E-state index in [2.05, 4.69) is 9.97 Å². The van der Waals surface area contributed by atoms with Gasteiger partial charge in [0.05, 0.1) is 18.7 Å². The fraction of sp³-hybridized carbons (Fsp3) is 0.316. The molecule has 0 radical (unpaired) electrons. The largest absolute Gasteiger partial charge is 0.365 e. The van der Waals surface area contributed by atoms with Crippen LogP contribution in [0.15, 0.2) is 36.7 Å². The standard InChI is InChI=1S/C19H20N4O2S/c20-18(25)16-11-22-19(26-16)15-7-3-4-8-23(15)17(24)9-12-10-21-14-6-2-1-5-13(12)14/h1-2,5-6,10-11,15,21H,3-4,7-9H2,(H2,20,25)/t15-/m0/s1. The van der Waals surface area contributed by atoms with Gasteiger partial charge in [0.1, 0.15) is 9.88 Å². The SMILES string of the molecule is NC(=O)c1cnc([C@@H]2CCCCN2C(=O)Cc2c[nH]c3ccccc23)s1. The number of hydrogen-bond donors (Lipinski definition) is 2. The number of piperidine rings is 1. The van der Waals surface area contributed by atoms with Crippen LogP contribution in [-0.4, -0.2) is 33.2 Å². The van der Waals surface area contributed by atoms with Crippen molar-refractivity contribution in [2.45, 2.75) is 31.7 Å². The molecule has 4 rings (SSSR count). The minimum Gasteiger partial charge on any atom is -0.365 e. The number of thiazole rings is 1. The summed E-state index contributed by atoms with van der Waals surface area (Å²) >= 11 is 1.29. The van der Waals surface area contributed by atoms with Crippen LogP contribution in [0.3, 0.4) is 0 Å². The number of likely N-dealkylation sites (tertiary alicyclic amines) is 1. The Morgan fingerprint density at radius 1 is 1.31 bits per heavy atom. The molecule has 3 N–H and O–H groups in total. The van der Waals surface area contributed by atoms with Gasteiger partial charge in [-0.1, -0.05) is 18.2 Å². The number of fused-ring (bicyclic) bond motifs is 1. The molecule has 2 aromatic heterocycles. The van der Waals surface area contributed by atoms with E-state index in [1.165, 1.54) is 17.5 Å². The average Bonchev–Trinajstić information content (AvgIpc) is 3.30. The number of rotatable bonds is 4. The Labute approximate surface area is 155 Å². The van der Waals surface area contributed by atoms with Crippen molar-refractivity contribution in [3.05, 3.63) is 52.1 Å². The number of carbonyl (C=O) groups is 2. The maximum Gasteiger partial charge on any atom is 0.260 e. The number of carbonyl (C=O) groups excluding carboxylic acids is 2. The van der Waals surface area contributed by atoms with E-state index in [1.54, 1.807) is 0 Å². The van der Waals surface area contributed by atoms with Gasteiger partial charge in [0.2, 0.25) is 5.91 Å². The lowest BCUT2D eigenvalue weighted by molar-refractivity contribution is -0.134. The lowest BCUT2D eigenvalue weighted by Gasteiger charge is -2.34. The van der Waals surface area contributed by atoms with Gasteiger partial charge >= 0.3 is 0 Å². The number of nitrogens with two attached hydrogens (primary N) is 1. The van der Waals surface area contributed by atoms with E-state index in [0.717, 1.165) is 47.3 Å². The van der Waals surface area contributed by atoms with E-state index in [1.807, 2.05) is 35.4 Å². The van der Waals surface area contributed by atoms with E-state index in [0.29, 0.717) is 11.3 Å². The minimum atomic E-state index is -0.471. The number of para-hydroxylation sites is 1. The maximum atomic E-state index is 13.0. The smallest absolute Gasteiger partial charge is 0.260 e. The molecule has 1 fully saturated rings. The van der Waals surface area contributed by atoms with Crippen LogP contribution >= 0.6 is 11.3 Å². The Morgan fingerprint density at radius 3 is 2.96 bits per heavy atom. The minimum absolute atomic E-state index is 0.0699. The molecule has 3 aromatic rings. The molecule has 1 aliphatic rings. The molecule has 0 saturated carbocycles. The van der Waals surface area contributed by atoms with Crippen LogP contribution in [0.5, 0.6) is 0 Å². The van der Waals surface area contributed by atoms with Crippen LogP contribution in [0.25, 0.3) is 10.9 Å². The second kappa shape index (κ2) is 6.92. The Bertz CT molecular complexity index is 961. The summed E-state index contributed by atoms with van der Waals surface area (Å²) in [6, 6.07) is 7.92. The summed E-state index contributed by atoms with van der Waals surface area (Å²) in [5, 5.41) is 1.88. The third kappa shape index (κ3) is 3.10. The number of benzene rings is 1. The van der Waals surface area contributed by atoms with Crippen LogP contribution in [0.2, 0.25) is 0 Å². The number of nitrogens with one attached hydrogen (secondary N) is 1. The van der Waals surface area contributed by atoms with E-state index < -0.39 is 5.91 Å². The number of primary amides is 1. The first-order valence-electron chi connectivity index (χ1n) is 8.73. The van der Waals surface area contributed by atoms with E-state index in [9.17, 15) is 9.59 Å². The fourth-order valence-electron chi connectivity index (χ4n) is 3.58. The average molecular weight is 368 g/mol. The normalized spacial score (nSPS) is 17.5. The molecule has 0 bridgehead atoms. The lowest BCUT2D eigenvalue weighted by atomic mass is 10.0. The van der Waals surface area contributed by atoms with Crippen LogP contribution < -0.4 is 5.73 Å². The van der Waals surface area contributed by atoms with Gasteiger partial charge in [-0.2, -0.15) is 0 Å². The summed E-state index contributed by atoms with van der Waals surface area (Å²) in [6.45, 7) is 0.720. The van der Waals surface area contributed by atoms with Gasteiger partial charge in [-0.25, -0.2) is 4.98 Å². The molecule has 0 aliphatic carbocycles. The van der Waals surface area contributed by atoms with Crippen molar-refractivity contribution in [2.75, 3.05) is 6.54 Å². The molecule has 3 heterocycles. The summed E-state index contributed by atoms with van der Waals surface area (Å²) in [7, 11) is 0. The zero-order chi connectivity index (χ0) is 18.1. The number of H-pyrrole nitrogens is 1.